The second-order valence-corrected chi connectivity index (χ2v) is 21.6. The van der Waals surface area contributed by atoms with Crippen LogP contribution in [0.5, 0.6) is 0 Å². The molecule has 1 nitrogen and oxygen atoms in total. The van der Waals surface area contributed by atoms with E-state index in [1.54, 1.807) is 0 Å². The third-order valence-corrected chi connectivity index (χ3v) is 19.8. The summed E-state index contributed by atoms with van der Waals surface area (Å²) in [4.78, 5) is 0. The summed E-state index contributed by atoms with van der Waals surface area (Å²) in [7, 11) is 0. The van der Waals surface area contributed by atoms with Crippen LogP contribution in [0.15, 0.2) is 0 Å². The first-order valence-corrected chi connectivity index (χ1v) is 20.6. The zero-order valence-electron chi connectivity index (χ0n) is 20.5. The van der Waals surface area contributed by atoms with E-state index in [4.69, 9.17) is 3.07 Å². The first kappa shape index (κ1) is 28.8. The van der Waals surface area contributed by atoms with Crippen molar-refractivity contribution >= 4 is 18.8 Å². The predicted octanol–water partition coefficient (Wildman–Crippen LogP) is 10.0. The molecule has 0 saturated heterocycles. The fourth-order valence-corrected chi connectivity index (χ4v) is 15.2. The van der Waals surface area contributed by atoms with Crippen molar-refractivity contribution in [2.45, 2.75) is 157 Å². The zero-order chi connectivity index (χ0) is 20.8. The topological polar surface area (TPSA) is 9.23 Å². The second kappa shape index (κ2) is 22.4. The minimum atomic E-state index is -2.33. The molecule has 0 aliphatic rings. The van der Waals surface area contributed by atoms with Crippen molar-refractivity contribution in [3.8, 4) is 0 Å². The average molecular weight is 503 g/mol. The van der Waals surface area contributed by atoms with Crippen molar-refractivity contribution in [3.05, 3.63) is 0 Å². The second-order valence-electron chi connectivity index (χ2n) is 9.19. The first-order valence-electron chi connectivity index (χ1n) is 13.4. The van der Waals surface area contributed by atoms with Gasteiger partial charge in [-0.3, -0.25) is 0 Å². The van der Waals surface area contributed by atoms with Crippen LogP contribution in [-0.2, 0) is 3.07 Å². The number of hydrogen-bond donors (Lipinski definition) is 0. The van der Waals surface area contributed by atoms with Crippen LogP contribution in [0.25, 0.3) is 0 Å². The molecule has 0 amide bonds. The molecule has 0 aromatic carbocycles. The third kappa shape index (κ3) is 17.6. The predicted molar refractivity (Wildman–Crippen MR) is 132 cm³/mol. The van der Waals surface area contributed by atoms with Gasteiger partial charge in [0.05, 0.1) is 0 Å². The Balaban J connectivity index is 4.22. The van der Waals surface area contributed by atoms with Crippen LogP contribution in [0.3, 0.4) is 0 Å². The van der Waals surface area contributed by atoms with Gasteiger partial charge in [-0.05, 0) is 0 Å². The minimum absolute atomic E-state index is 1.09. The molecular weight excluding hydrogens is 447 g/mol. The average Bonchev–Trinajstić information content (AvgIpc) is 2.72. The van der Waals surface area contributed by atoms with E-state index in [0.29, 0.717) is 0 Å². The standard InChI is InChI=1S/C8H17O.2C8H17.C2H5.Sn/c1-2-3-4-5-6-7-8-9;2*1-3-5-7-8-6-4-2;1-2;/h2-8H2,1H3;2*1,3-8H2,2H3;1H2,2H3;/q-1;;;;+1. The molecule has 28 heavy (non-hydrogen) atoms. The number of rotatable bonds is 23. The molecule has 2 heteroatoms. The molecule has 0 spiro atoms. The Kier molecular flexibility index (Phi) is 23.1. The Labute approximate surface area is 184 Å². The summed E-state index contributed by atoms with van der Waals surface area (Å²) in [6, 6.07) is 0. The van der Waals surface area contributed by atoms with E-state index in [0.717, 1.165) is 6.61 Å². The van der Waals surface area contributed by atoms with Crippen molar-refractivity contribution in [1.82, 2.24) is 0 Å². The fraction of sp³-hybridized carbons (Fsp3) is 1.00. The van der Waals surface area contributed by atoms with Crippen molar-refractivity contribution in [1.29, 1.82) is 0 Å². The van der Waals surface area contributed by atoms with Crippen LogP contribution in [0.4, 0.5) is 0 Å². The molecule has 0 rings (SSSR count). The van der Waals surface area contributed by atoms with Crippen LogP contribution in [0, 0.1) is 0 Å². The Morgan fingerprint density at radius 3 is 1.18 bits per heavy atom. The van der Waals surface area contributed by atoms with Crippen molar-refractivity contribution < 1.29 is 3.07 Å². The Bertz CT molecular complexity index is 276. The van der Waals surface area contributed by atoms with E-state index in [-0.39, 0.29) is 0 Å². The molecule has 0 unspecified atom stereocenters. The van der Waals surface area contributed by atoms with E-state index in [1.807, 2.05) is 0 Å². The van der Waals surface area contributed by atoms with Crippen LogP contribution >= 0.6 is 0 Å². The zero-order valence-corrected chi connectivity index (χ0v) is 23.3. The summed E-state index contributed by atoms with van der Waals surface area (Å²) in [6.45, 7) is 10.5. The van der Waals surface area contributed by atoms with Crippen molar-refractivity contribution in [2.75, 3.05) is 6.61 Å². The Morgan fingerprint density at radius 2 is 0.786 bits per heavy atom. The summed E-state index contributed by atoms with van der Waals surface area (Å²) in [5, 5.41) is 0. The molecule has 0 N–H and O–H groups in total. The summed E-state index contributed by atoms with van der Waals surface area (Å²) < 4.78 is 11.3. The van der Waals surface area contributed by atoms with Gasteiger partial charge in [-0.25, -0.2) is 0 Å². The molecule has 0 saturated carbocycles. The molecule has 0 fully saturated rings. The summed E-state index contributed by atoms with van der Waals surface area (Å²) >= 11 is -2.33. The normalized spacial score (nSPS) is 12.0. The summed E-state index contributed by atoms with van der Waals surface area (Å²) in [5.41, 5.74) is 0. The summed E-state index contributed by atoms with van der Waals surface area (Å²) in [6.07, 6.45) is 25.5. The molecule has 170 valence electrons. The molecule has 0 aliphatic heterocycles. The molecule has 0 atom stereocenters. The van der Waals surface area contributed by atoms with Crippen LogP contribution in [-0.4, -0.2) is 25.4 Å². The quantitative estimate of drug-likeness (QED) is 0.0996. The van der Waals surface area contributed by atoms with Gasteiger partial charge in [0.15, 0.2) is 0 Å². The van der Waals surface area contributed by atoms with Gasteiger partial charge in [0, 0.05) is 0 Å². The van der Waals surface area contributed by atoms with E-state index < -0.39 is 18.8 Å². The van der Waals surface area contributed by atoms with Gasteiger partial charge in [0.1, 0.15) is 0 Å². The van der Waals surface area contributed by atoms with Gasteiger partial charge in [-0.2, -0.15) is 0 Å². The van der Waals surface area contributed by atoms with Crippen molar-refractivity contribution in [3.63, 3.8) is 0 Å². The van der Waals surface area contributed by atoms with E-state index in [9.17, 15) is 0 Å². The maximum atomic E-state index is 6.85. The third-order valence-electron chi connectivity index (χ3n) is 6.52. The monoisotopic (exact) mass is 504 g/mol. The summed E-state index contributed by atoms with van der Waals surface area (Å²) in [5.74, 6) is 0. The van der Waals surface area contributed by atoms with E-state index >= 15 is 0 Å². The van der Waals surface area contributed by atoms with Gasteiger partial charge in [0.2, 0.25) is 0 Å². The van der Waals surface area contributed by atoms with Gasteiger partial charge < -0.3 is 0 Å². The molecule has 0 heterocycles. The SMILES string of the molecule is CCCCCCCC[O][Sn]([CH2]C)([CH2]CCCCCCC)[CH2]CCCCCCC. The maximum absolute atomic E-state index is 6.85. The number of hydrogen-bond acceptors (Lipinski definition) is 1. The number of unbranched alkanes of at least 4 members (excludes halogenated alkanes) is 15. The van der Waals surface area contributed by atoms with Crippen LogP contribution in [0.1, 0.15) is 143 Å². The van der Waals surface area contributed by atoms with Crippen LogP contribution < -0.4 is 0 Å². The van der Waals surface area contributed by atoms with Crippen molar-refractivity contribution in [2.24, 2.45) is 0 Å². The molecule has 0 aliphatic carbocycles. The Hall–Kier alpha value is 0.759. The van der Waals surface area contributed by atoms with E-state index in [1.165, 1.54) is 129 Å². The van der Waals surface area contributed by atoms with Gasteiger partial charge in [-0.15, -0.1) is 0 Å². The first-order chi connectivity index (χ1) is 13.7. The fourth-order valence-electron chi connectivity index (χ4n) is 4.35. The molecule has 0 aromatic rings. The van der Waals surface area contributed by atoms with Gasteiger partial charge in [-0.1, -0.05) is 0 Å². The van der Waals surface area contributed by atoms with Gasteiger partial charge in [0.25, 0.3) is 0 Å². The Morgan fingerprint density at radius 1 is 0.429 bits per heavy atom. The molecule has 0 radical (unpaired) electrons. The van der Waals surface area contributed by atoms with Gasteiger partial charge >= 0.3 is 185 Å². The van der Waals surface area contributed by atoms with E-state index in [2.05, 4.69) is 27.7 Å². The molecular formula is C26H56OSn. The molecule has 0 bridgehead atoms. The molecule has 0 aromatic heterocycles. The van der Waals surface area contributed by atoms with Crippen LogP contribution in [0.2, 0.25) is 13.3 Å².